The van der Waals surface area contributed by atoms with Crippen molar-refractivity contribution in [1.29, 1.82) is 0 Å². The Kier molecular flexibility index (Phi) is 7.50. The Hall–Kier alpha value is -4.34. The monoisotopic (exact) mass is 560 g/mol. The molecule has 10 heteroatoms. The molecule has 41 heavy (non-hydrogen) atoms. The highest BCUT2D eigenvalue weighted by molar-refractivity contribution is 6.06. The molecule has 2 atom stereocenters. The summed E-state index contributed by atoms with van der Waals surface area (Å²) in [7, 11) is 0. The Morgan fingerprint density at radius 1 is 1.17 bits per heavy atom. The van der Waals surface area contributed by atoms with Crippen LogP contribution < -0.4 is 4.90 Å². The van der Waals surface area contributed by atoms with E-state index in [1.165, 1.54) is 24.3 Å². The molecule has 1 amide bonds. The highest BCUT2D eigenvalue weighted by atomic mass is 19.1. The molecule has 1 fully saturated rings. The summed E-state index contributed by atoms with van der Waals surface area (Å²) >= 11 is 0. The summed E-state index contributed by atoms with van der Waals surface area (Å²) in [4.78, 5) is 32.4. The molecule has 0 aliphatic carbocycles. The Bertz CT molecular complexity index is 1540. The first-order valence-electron chi connectivity index (χ1n) is 13.7. The van der Waals surface area contributed by atoms with Crippen molar-refractivity contribution < 1.29 is 18.7 Å². The molecule has 2 aromatic heterocycles. The Balaban J connectivity index is 1.72. The van der Waals surface area contributed by atoms with Gasteiger partial charge in [0.1, 0.15) is 35.1 Å². The third-order valence-electron chi connectivity index (χ3n) is 7.66. The molecular weight excluding hydrogens is 526 g/mol. The Labute approximate surface area is 238 Å². The van der Waals surface area contributed by atoms with E-state index in [1.807, 2.05) is 45.6 Å². The summed E-state index contributed by atoms with van der Waals surface area (Å²) in [6.45, 7) is 14.9. The number of benzene rings is 1. The van der Waals surface area contributed by atoms with E-state index in [9.17, 15) is 14.3 Å². The zero-order chi connectivity index (χ0) is 29.6. The van der Waals surface area contributed by atoms with Crippen LogP contribution in [0.4, 0.5) is 20.3 Å². The zero-order valence-corrected chi connectivity index (χ0v) is 23.9. The lowest BCUT2D eigenvalue weighted by Crippen LogP contribution is -2.56. The summed E-state index contributed by atoms with van der Waals surface area (Å²) in [6, 6.07) is 6.92. The first kappa shape index (κ1) is 28.2. The van der Waals surface area contributed by atoms with Crippen LogP contribution in [0, 0.1) is 18.6 Å². The van der Waals surface area contributed by atoms with E-state index < -0.39 is 23.5 Å². The molecule has 1 aromatic carbocycles. The summed E-state index contributed by atoms with van der Waals surface area (Å²) in [5.74, 6) is -1.11. The van der Waals surface area contributed by atoms with E-state index in [1.54, 1.807) is 11.1 Å². The number of fused-ring (bicyclic) bond motifs is 1. The van der Waals surface area contributed by atoms with Crippen molar-refractivity contribution in [3.63, 3.8) is 0 Å². The van der Waals surface area contributed by atoms with Gasteiger partial charge in [0.2, 0.25) is 5.91 Å². The van der Waals surface area contributed by atoms with Crippen LogP contribution in [0.5, 0.6) is 5.75 Å². The number of amidine groups is 1. The SMILES string of the molecule is C=CC(=O)N1CCN(C2=NC(C)N(c3c(C)ccnc3C(C)C)c3nc(-c4c(O)cccc4F)c(F)cc32)[C@@H](C)C1. The number of aliphatic imine (C=N–C) groups is 1. The molecule has 0 saturated carbocycles. The molecule has 1 saturated heterocycles. The number of hydrogen-bond donors (Lipinski definition) is 1. The van der Waals surface area contributed by atoms with Crippen molar-refractivity contribution >= 4 is 23.2 Å². The number of piperazine rings is 1. The van der Waals surface area contributed by atoms with E-state index >= 15 is 4.39 Å². The number of aromatic nitrogens is 2. The number of rotatable bonds is 4. The molecule has 2 aliphatic rings. The number of carbonyl (C=O) groups excluding carboxylic acids is 1. The third kappa shape index (κ3) is 4.92. The highest BCUT2D eigenvalue weighted by Gasteiger charge is 2.38. The quantitative estimate of drug-likeness (QED) is 0.423. The largest absolute Gasteiger partial charge is 0.507 e. The second-order valence-corrected chi connectivity index (χ2v) is 10.8. The maximum atomic E-state index is 15.9. The van der Waals surface area contributed by atoms with E-state index in [2.05, 4.69) is 16.5 Å². The Morgan fingerprint density at radius 2 is 1.93 bits per heavy atom. The van der Waals surface area contributed by atoms with Crippen LogP contribution in [0.15, 0.2) is 54.2 Å². The first-order valence-corrected chi connectivity index (χ1v) is 13.7. The smallest absolute Gasteiger partial charge is 0.246 e. The third-order valence-corrected chi connectivity index (χ3v) is 7.66. The number of anilines is 2. The lowest BCUT2D eigenvalue weighted by molar-refractivity contribution is -0.128. The predicted octanol–water partition coefficient (Wildman–Crippen LogP) is 5.52. The number of aryl methyl sites for hydroxylation is 1. The highest BCUT2D eigenvalue weighted by Crippen LogP contribution is 2.43. The average molecular weight is 561 g/mol. The van der Waals surface area contributed by atoms with Crippen molar-refractivity contribution in [2.45, 2.75) is 52.7 Å². The number of phenolic OH excluding ortho intramolecular Hbond substituents is 1. The predicted molar refractivity (Wildman–Crippen MR) is 155 cm³/mol. The average Bonchev–Trinajstić information content (AvgIpc) is 2.93. The maximum Gasteiger partial charge on any atom is 0.246 e. The number of phenols is 1. The molecule has 4 heterocycles. The number of aromatic hydroxyl groups is 1. The van der Waals surface area contributed by atoms with Gasteiger partial charge < -0.3 is 19.8 Å². The Morgan fingerprint density at radius 3 is 2.59 bits per heavy atom. The summed E-state index contributed by atoms with van der Waals surface area (Å²) in [5, 5.41) is 10.5. The minimum atomic E-state index is -0.786. The molecule has 8 nitrogen and oxygen atoms in total. The molecule has 3 aromatic rings. The van der Waals surface area contributed by atoms with Gasteiger partial charge in [-0.2, -0.15) is 0 Å². The molecular formula is C31H34F2N6O2. The lowest BCUT2D eigenvalue weighted by Gasteiger charge is -2.44. The van der Waals surface area contributed by atoms with Gasteiger partial charge in [0.15, 0.2) is 5.82 Å². The van der Waals surface area contributed by atoms with Crippen molar-refractivity contribution in [1.82, 2.24) is 19.8 Å². The molecule has 0 spiro atoms. The molecule has 0 bridgehead atoms. The van der Waals surface area contributed by atoms with Gasteiger partial charge in [0.25, 0.3) is 0 Å². The van der Waals surface area contributed by atoms with Gasteiger partial charge in [-0.05, 0) is 62.6 Å². The van der Waals surface area contributed by atoms with E-state index in [0.29, 0.717) is 36.9 Å². The van der Waals surface area contributed by atoms with Gasteiger partial charge in [-0.25, -0.2) is 18.8 Å². The van der Waals surface area contributed by atoms with Gasteiger partial charge in [-0.15, -0.1) is 0 Å². The van der Waals surface area contributed by atoms with Gasteiger partial charge in [-0.3, -0.25) is 9.78 Å². The standard InChI is InChI=1S/C31H34F2N6O2/c1-7-25(41)37-13-14-38(19(5)16-37)30-21-15-23(33)28(26-22(32)9-8-10-24(26)40)36-31(21)39(20(6)35-30)29-18(4)11-12-34-27(29)17(2)3/h7-12,15,17,19-20,40H,1,13-14,16H2,2-6H3/t19-,20?/m0/s1. The fourth-order valence-corrected chi connectivity index (χ4v) is 5.66. The van der Waals surface area contributed by atoms with E-state index in [-0.39, 0.29) is 29.1 Å². The number of carbonyl (C=O) groups is 1. The number of pyridine rings is 2. The van der Waals surface area contributed by atoms with E-state index in [4.69, 9.17) is 9.98 Å². The molecule has 0 radical (unpaired) electrons. The number of hydrogen-bond acceptors (Lipinski definition) is 7. The molecule has 1 unspecified atom stereocenters. The number of nitrogens with zero attached hydrogens (tertiary/aromatic N) is 6. The van der Waals surface area contributed by atoms with Crippen molar-refractivity contribution in [3.05, 3.63) is 77.6 Å². The number of halogens is 2. The van der Waals surface area contributed by atoms with Gasteiger partial charge in [-0.1, -0.05) is 26.5 Å². The molecule has 1 N–H and O–H groups in total. The normalized spacial score (nSPS) is 18.8. The minimum Gasteiger partial charge on any atom is -0.507 e. The van der Waals surface area contributed by atoms with Gasteiger partial charge in [0, 0.05) is 31.9 Å². The second-order valence-electron chi connectivity index (χ2n) is 10.8. The first-order chi connectivity index (χ1) is 19.5. The van der Waals surface area contributed by atoms with Crippen LogP contribution in [-0.4, -0.2) is 68.5 Å². The maximum absolute atomic E-state index is 15.9. The van der Waals surface area contributed by atoms with Crippen molar-refractivity contribution in [2.75, 3.05) is 24.5 Å². The van der Waals surface area contributed by atoms with Crippen LogP contribution in [0.25, 0.3) is 11.3 Å². The number of amides is 1. The fraction of sp³-hybridized carbons (Fsp3) is 0.355. The summed E-state index contributed by atoms with van der Waals surface area (Å²) in [5.41, 5.74) is 2.41. The van der Waals surface area contributed by atoms with Crippen LogP contribution >= 0.6 is 0 Å². The zero-order valence-electron chi connectivity index (χ0n) is 23.9. The van der Waals surface area contributed by atoms with E-state index in [0.717, 1.165) is 23.0 Å². The van der Waals surface area contributed by atoms with Crippen molar-refractivity contribution in [3.8, 4) is 17.0 Å². The van der Waals surface area contributed by atoms with Crippen molar-refractivity contribution in [2.24, 2.45) is 4.99 Å². The van der Waals surface area contributed by atoms with Crippen LogP contribution in [0.2, 0.25) is 0 Å². The van der Waals surface area contributed by atoms with Gasteiger partial charge >= 0.3 is 0 Å². The van der Waals surface area contributed by atoms with Crippen LogP contribution in [-0.2, 0) is 4.79 Å². The topological polar surface area (TPSA) is 85.2 Å². The molecule has 5 rings (SSSR count). The second kappa shape index (κ2) is 10.9. The van der Waals surface area contributed by atoms with Crippen LogP contribution in [0.1, 0.15) is 50.4 Å². The minimum absolute atomic E-state index is 0.0666. The summed E-state index contributed by atoms with van der Waals surface area (Å²) < 4.78 is 30.8. The fourth-order valence-electron chi connectivity index (χ4n) is 5.66. The van der Waals surface area contributed by atoms with Gasteiger partial charge in [0.05, 0.1) is 22.5 Å². The lowest BCUT2D eigenvalue weighted by atomic mass is 10.00. The molecule has 2 aliphatic heterocycles. The summed E-state index contributed by atoms with van der Waals surface area (Å²) in [6.07, 6.45) is 2.58. The van der Waals surface area contributed by atoms with Crippen LogP contribution in [0.3, 0.4) is 0 Å². The molecule has 214 valence electrons.